The predicted octanol–water partition coefficient (Wildman–Crippen LogP) is 3.40. The molecule has 0 saturated carbocycles. The molecule has 0 radical (unpaired) electrons. The standard InChI is InChI=1S/C16H20N4O2S/c1-11-6-8-23-9-7-20(11)16(21)18-14-5-3-4-13(10-14)15-17-12(2)22-19-15/h3-5,10-11H,6-9H2,1-2H3,(H,18,21)/t11-/m1/s1. The molecular formula is C16H20N4O2S. The first-order chi connectivity index (χ1) is 11.1. The van der Waals surface area contributed by atoms with Crippen molar-refractivity contribution < 1.29 is 9.32 Å². The van der Waals surface area contributed by atoms with E-state index in [1.54, 1.807) is 6.92 Å². The number of hydrogen-bond donors (Lipinski definition) is 1. The summed E-state index contributed by atoms with van der Waals surface area (Å²) in [5.74, 6) is 3.14. The smallest absolute Gasteiger partial charge is 0.322 e. The molecule has 0 spiro atoms. The highest BCUT2D eigenvalue weighted by Gasteiger charge is 2.22. The summed E-state index contributed by atoms with van der Waals surface area (Å²) < 4.78 is 5.00. The summed E-state index contributed by atoms with van der Waals surface area (Å²) in [7, 11) is 0. The molecule has 1 aliphatic heterocycles. The van der Waals surface area contributed by atoms with Gasteiger partial charge in [-0.25, -0.2) is 4.79 Å². The largest absolute Gasteiger partial charge is 0.339 e. The van der Waals surface area contributed by atoms with Crippen LogP contribution in [0, 0.1) is 6.92 Å². The van der Waals surface area contributed by atoms with Gasteiger partial charge in [-0.2, -0.15) is 16.7 Å². The van der Waals surface area contributed by atoms with Crippen LogP contribution in [0.3, 0.4) is 0 Å². The molecule has 7 heteroatoms. The second kappa shape index (κ2) is 7.04. The van der Waals surface area contributed by atoms with Gasteiger partial charge in [0, 0.05) is 36.5 Å². The van der Waals surface area contributed by atoms with Crippen LogP contribution in [0.1, 0.15) is 19.2 Å². The van der Waals surface area contributed by atoms with E-state index in [1.807, 2.05) is 40.9 Å². The Morgan fingerprint density at radius 3 is 3.09 bits per heavy atom. The van der Waals surface area contributed by atoms with Crippen LogP contribution in [0.25, 0.3) is 11.4 Å². The topological polar surface area (TPSA) is 71.3 Å². The average Bonchev–Trinajstić information content (AvgIpc) is 2.85. The maximum atomic E-state index is 12.5. The van der Waals surface area contributed by atoms with Gasteiger partial charge in [0.25, 0.3) is 0 Å². The van der Waals surface area contributed by atoms with E-state index in [4.69, 9.17) is 4.52 Å². The number of rotatable bonds is 2. The molecule has 0 aliphatic carbocycles. The maximum absolute atomic E-state index is 12.5. The Hall–Kier alpha value is -2.02. The molecular weight excluding hydrogens is 312 g/mol. The highest BCUT2D eigenvalue weighted by atomic mass is 32.2. The van der Waals surface area contributed by atoms with E-state index in [0.717, 1.165) is 35.7 Å². The van der Waals surface area contributed by atoms with Crippen LogP contribution >= 0.6 is 11.8 Å². The van der Waals surface area contributed by atoms with Crippen molar-refractivity contribution in [3.63, 3.8) is 0 Å². The number of carbonyl (C=O) groups excluding carboxylic acids is 1. The van der Waals surface area contributed by atoms with E-state index in [0.29, 0.717) is 11.7 Å². The first-order valence-electron chi connectivity index (χ1n) is 7.69. The fourth-order valence-corrected chi connectivity index (χ4v) is 3.58. The zero-order chi connectivity index (χ0) is 16.2. The molecule has 1 aromatic carbocycles. The van der Waals surface area contributed by atoms with Crippen molar-refractivity contribution in [3.8, 4) is 11.4 Å². The van der Waals surface area contributed by atoms with Crippen LogP contribution in [0.5, 0.6) is 0 Å². The highest BCUT2D eigenvalue weighted by Crippen LogP contribution is 2.21. The molecule has 1 aromatic heterocycles. The van der Waals surface area contributed by atoms with Crippen molar-refractivity contribution >= 4 is 23.5 Å². The van der Waals surface area contributed by atoms with Crippen molar-refractivity contribution in [1.82, 2.24) is 15.0 Å². The van der Waals surface area contributed by atoms with Gasteiger partial charge in [-0.15, -0.1) is 0 Å². The zero-order valence-electron chi connectivity index (χ0n) is 13.3. The number of nitrogens with zero attached hydrogens (tertiary/aromatic N) is 3. The summed E-state index contributed by atoms with van der Waals surface area (Å²) in [4.78, 5) is 18.7. The monoisotopic (exact) mass is 332 g/mol. The van der Waals surface area contributed by atoms with Gasteiger partial charge in [0.15, 0.2) is 0 Å². The van der Waals surface area contributed by atoms with Crippen molar-refractivity contribution in [2.45, 2.75) is 26.3 Å². The lowest BCUT2D eigenvalue weighted by molar-refractivity contribution is 0.197. The Balaban J connectivity index is 1.73. The van der Waals surface area contributed by atoms with Crippen molar-refractivity contribution in [2.24, 2.45) is 0 Å². The fourth-order valence-electron chi connectivity index (χ4n) is 2.54. The average molecular weight is 332 g/mol. The SMILES string of the molecule is Cc1nc(-c2cccc(NC(=O)N3CCSCC[C@H]3C)c2)no1. The summed E-state index contributed by atoms with van der Waals surface area (Å²) in [5, 5.41) is 6.89. The van der Waals surface area contributed by atoms with Gasteiger partial charge >= 0.3 is 6.03 Å². The summed E-state index contributed by atoms with van der Waals surface area (Å²) in [6, 6.07) is 7.70. The van der Waals surface area contributed by atoms with Crippen LogP contribution in [0.15, 0.2) is 28.8 Å². The molecule has 2 amide bonds. The third kappa shape index (κ3) is 3.85. The second-order valence-corrected chi connectivity index (χ2v) is 6.82. The van der Waals surface area contributed by atoms with Crippen LogP contribution in [0.2, 0.25) is 0 Å². The van der Waals surface area contributed by atoms with E-state index < -0.39 is 0 Å². The number of aromatic nitrogens is 2. The first kappa shape index (κ1) is 15.9. The van der Waals surface area contributed by atoms with E-state index >= 15 is 0 Å². The van der Waals surface area contributed by atoms with Crippen molar-refractivity contribution in [1.29, 1.82) is 0 Å². The summed E-state index contributed by atoms with van der Waals surface area (Å²) in [6.07, 6.45) is 1.03. The third-order valence-electron chi connectivity index (χ3n) is 3.85. The molecule has 6 nitrogen and oxygen atoms in total. The number of thioether (sulfide) groups is 1. The summed E-state index contributed by atoms with van der Waals surface area (Å²) in [6.45, 7) is 4.63. The maximum Gasteiger partial charge on any atom is 0.322 e. The van der Waals surface area contributed by atoms with Gasteiger partial charge in [0.2, 0.25) is 11.7 Å². The number of anilines is 1. The van der Waals surface area contributed by atoms with E-state index in [2.05, 4.69) is 22.4 Å². The van der Waals surface area contributed by atoms with Crippen LogP contribution in [0.4, 0.5) is 10.5 Å². The number of hydrogen-bond acceptors (Lipinski definition) is 5. The first-order valence-corrected chi connectivity index (χ1v) is 8.85. The van der Waals surface area contributed by atoms with Gasteiger partial charge in [0.1, 0.15) is 0 Å². The molecule has 1 atom stereocenters. The highest BCUT2D eigenvalue weighted by molar-refractivity contribution is 7.99. The molecule has 1 N–H and O–H groups in total. The van der Waals surface area contributed by atoms with Gasteiger partial charge in [-0.3, -0.25) is 0 Å². The van der Waals surface area contributed by atoms with Crippen molar-refractivity contribution in [2.75, 3.05) is 23.4 Å². The number of amides is 2. The van der Waals surface area contributed by atoms with Gasteiger partial charge in [0.05, 0.1) is 0 Å². The summed E-state index contributed by atoms with van der Waals surface area (Å²) in [5.41, 5.74) is 1.55. The van der Waals surface area contributed by atoms with Gasteiger partial charge in [-0.05, 0) is 31.2 Å². The van der Waals surface area contributed by atoms with E-state index in [9.17, 15) is 4.79 Å². The van der Waals surface area contributed by atoms with Crippen LogP contribution < -0.4 is 5.32 Å². The molecule has 3 rings (SSSR count). The lowest BCUT2D eigenvalue weighted by Crippen LogP contribution is -2.41. The molecule has 1 fully saturated rings. The molecule has 0 bridgehead atoms. The van der Waals surface area contributed by atoms with Crippen molar-refractivity contribution in [3.05, 3.63) is 30.2 Å². The molecule has 23 heavy (non-hydrogen) atoms. The van der Waals surface area contributed by atoms with Crippen LogP contribution in [-0.4, -0.2) is 45.2 Å². The normalized spacial score (nSPS) is 18.5. The lowest BCUT2D eigenvalue weighted by Gasteiger charge is -2.27. The minimum Gasteiger partial charge on any atom is -0.339 e. The Bertz CT molecular complexity index is 688. The third-order valence-corrected chi connectivity index (χ3v) is 4.84. The summed E-state index contributed by atoms with van der Waals surface area (Å²) >= 11 is 1.90. The Morgan fingerprint density at radius 1 is 1.43 bits per heavy atom. The number of urea groups is 1. The minimum atomic E-state index is -0.0542. The molecule has 1 aliphatic rings. The predicted molar refractivity (Wildman–Crippen MR) is 91.6 cm³/mol. The fraction of sp³-hybridized carbons (Fsp3) is 0.438. The van der Waals surface area contributed by atoms with Crippen LogP contribution in [-0.2, 0) is 0 Å². The van der Waals surface area contributed by atoms with E-state index in [1.165, 1.54) is 0 Å². The quantitative estimate of drug-likeness (QED) is 0.912. The molecule has 2 heterocycles. The van der Waals surface area contributed by atoms with Gasteiger partial charge in [-0.1, -0.05) is 17.3 Å². The number of aryl methyl sites for hydroxylation is 1. The number of nitrogens with one attached hydrogen (secondary N) is 1. The minimum absolute atomic E-state index is 0.0542. The Kier molecular flexibility index (Phi) is 4.85. The Labute approximate surface area is 139 Å². The molecule has 122 valence electrons. The van der Waals surface area contributed by atoms with Gasteiger partial charge < -0.3 is 14.7 Å². The lowest BCUT2D eigenvalue weighted by atomic mass is 10.2. The number of carbonyl (C=O) groups is 1. The number of benzene rings is 1. The Morgan fingerprint density at radius 2 is 2.30 bits per heavy atom. The molecule has 0 unspecified atom stereocenters. The molecule has 1 saturated heterocycles. The van der Waals surface area contributed by atoms with E-state index in [-0.39, 0.29) is 12.1 Å². The second-order valence-electron chi connectivity index (χ2n) is 5.59. The molecule has 2 aromatic rings. The zero-order valence-corrected chi connectivity index (χ0v) is 14.1.